The third kappa shape index (κ3) is 4.35. The Hall–Kier alpha value is -0.830. The SMILES string of the molecule is CC/C=C(/C)C(=O)NCC1CCC(O)CC1. The van der Waals surface area contributed by atoms with Crippen LogP contribution in [0.25, 0.3) is 0 Å². The summed E-state index contributed by atoms with van der Waals surface area (Å²) in [5.41, 5.74) is 0.804. The third-order valence-corrected chi connectivity index (χ3v) is 3.24. The van der Waals surface area contributed by atoms with Crippen LogP contribution in [0, 0.1) is 5.92 Å². The van der Waals surface area contributed by atoms with Gasteiger partial charge in [-0.3, -0.25) is 4.79 Å². The lowest BCUT2D eigenvalue weighted by atomic mass is 9.87. The minimum Gasteiger partial charge on any atom is -0.393 e. The van der Waals surface area contributed by atoms with E-state index in [1.165, 1.54) is 0 Å². The van der Waals surface area contributed by atoms with Crippen LogP contribution in [0.1, 0.15) is 46.0 Å². The zero-order valence-corrected chi connectivity index (χ0v) is 10.3. The average molecular weight is 225 g/mol. The number of nitrogens with one attached hydrogen (secondary N) is 1. The van der Waals surface area contributed by atoms with Crippen LogP contribution in [0.15, 0.2) is 11.6 Å². The van der Waals surface area contributed by atoms with Gasteiger partial charge in [0.15, 0.2) is 0 Å². The highest BCUT2D eigenvalue weighted by atomic mass is 16.3. The smallest absolute Gasteiger partial charge is 0.246 e. The van der Waals surface area contributed by atoms with Crippen molar-refractivity contribution in [2.75, 3.05) is 6.54 Å². The Kier molecular flexibility index (Phi) is 5.53. The standard InChI is InChI=1S/C13H23NO2/c1-3-4-10(2)13(16)14-9-11-5-7-12(15)8-6-11/h4,11-12,15H,3,5-9H2,1-2H3,(H,14,16)/b10-4-. The van der Waals surface area contributed by atoms with E-state index in [9.17, 15) is 9.90 Å². The Morgan fingerprint density at radius 2 is 2.00 bits per heavy atom. The Labute approximate surface area is 97.9 Å². The summed E-state index contributed by atoms with van der Waals surface area (Å²) in [6.07, 6.45) is 6.54. The molecule has 0 atom stereocenters. The first-order valence-electron chi connectivity index (χ1n) is 6.26. The first kappa shape index (κ1) is 13.2. The molecule has 0 aromatic heterocycles. The van der Waals surface area contributed by atoms with E-state index in [2.05, 4.69) is 5.32 Å². The highest BCUT2D eigenvalue weighted by Crippen LogP contribution is 2.23. The Morgan fingerprint density at radius 1 is 1.38 bits per heavy atom. The summed E-state index contributed by atoms with van der Waals surface area (Å²) in [5.74, 6) is 0.592. The molecule has 3 heteroatoms. The molecule has 1 aliphatic carbocycles. The molecule has 3 nitrogen and oxygen atoms in total. The molecule has 1 saturated carbocycles. The number of hydrogen-bond donors (Lipinski definition) is 2. The first-order chi connectivity index (χ1) is 7.63. The molecule has 0 aromatic rings. The van der Waals surface area contributed by atoms with Crippen molar-refractivity contribution in [3.63, 3.8) is 0 Å². The summed E-state index contributed by atoms with van der Waals surface area (Å²) in [5, 5.41) is 12.3. The topological polar surface area (TPSA) is 49.3 Å². The van der Waals surface area contributed by atoms with Crippen molar-refractivity contribution in [3.8, 4) is 0 Å². The van der Waals surface area contributed by atoms with Crippen LogP contribution in [-0.4, -0.2) is 23.7 Å². The quantitative estimate of drug-likeness (QED) is 0.719. The average Bonchev–Trinajstić information content (AvgIpc) is 2.28. The fraction of sp³-hybridized carbons (Fsp3) is 0.769. The normalized spacial score (nSPS) is 26.6. The molecule has 0 spiro atoms. The van der Waals surface area contributed by atoms with Crippen LogP contribution in [0.5, 0.6) is 0 Å². The van der Waals surface area contributed by atoms with Gasteiger partial charge in [-0.2, -0.15) is 0 Å². The van der Waals surface area contributed by atoms with Crippen molar-refractivity contribution in [1.82, 2.24) is 5.32 Å². The van der Waals surface area contributed by atoms with Gasteiger partial charge < -0.3 is 10.4 Å². The maximum atomic E-state index is 11.6. The van der Waals surface area contributed by atoms with E-state index in [4.69, 9.17) is 0 Å². The molecule has 1 aliphatic rings. The predicted octanol–water partition coefficient (Wildman–Crippen LogP) is 2.01. The largest absolute Gasteiger partial charge is 0.393 e. The van der Waals surface area contributed by atoms with Gasteiger partial charge in [-0.15, -0.1) is 0 Å². The van der Waals surface area contributed by atoms with Crippen molar-refractivity contribution in [3.05, 3.63) is 11.6 Å². The maximum absolute atomic E-state index is 11.6. The fourth-order valence-corrected chi connectivity index (χ4v) is 2.12. The first-order valence-corrected chi connectivity index (χ1v) is 6.26. The molecule has 0 saturated heterocycles. The second kappa shape index (κ2) is 6.69. The summed E-state index contributed by atoms with van der Waals surface area (Å²) in [4.78, 5) is 11.6. The minimum atomic E-state index is -0.117. The molecule has 0 heterocycles. The van der Waals surface area contributed by atoms with E-state index in [-0.39, 0.29) is 12.0 Å². The van der Waals surface area contributed by atoms with Crippen molar-refractivity contribution < 1.29 is 9.90 Å². The van der Waals surface area contributed by atoms with Gasteiger partial charge in [0.25, 0.3) is 0 Å². The molecular weight excluding hydrogens is 202 g/mol. The number of carbonyl (C=O) groups excluding carboxylic acids is 1. The Bertz CT molecular complexity index is 253. The Balaban J connectivity index is 2.24. The number of aliphatic hydroxyl groups is 1. The summed E-state index contributed by atoms with van der Waals surface area (Å²) in [6, 6.07) is 0. The van der Waals surface area contributed by atoms with Gasteiger partial charge >= 0.3 is 0 Å². The van der Waals surface area contributed by atoms with Gasteiger partial charge in [-0.25, -0.2) is 0 Å². The van der Waals surface area contributed by atoms with Crippen LogP contribution < -0.4 is 5.32 Å². The van der Waals surface area contributed by atoms with E-state index in [0.717, 1.165) is 44.2 Å². The lowest BCUT2D eigenvalue weighted by Gasteiger charge is -2.25. The highest BCUT2D eigenvalue weighted by molar-refractivity contribution is 5.92. The Morgan fingerprint density at radius 3 is 2.56 bits per heavy atom. The molecular formula is C13H23NO2. The summed E-state index contributed by atoms with van der Waals surface area (Å²) >= 11 is 0. The molecule has 2 N–H and O–H groups in total. The molecule has 0 unspecified atom stereocenters. The van der Waals surface area contributed by atoms with Crippen LogP contribution in [-0.2, 0) is 4.79 Å². The van der Waals surface area contributed by atoms with E-state index < -0.39 is 0 Å². The molecule has 0 aliphatic heterocycles. The molecule has 0 aromatic carbocycles. The van der Waals surface area contributed by atoms with Crippen molar-refractivity contribution in [2.45, 2.75) is 52.1 Å². The predicted molar refractivity (Wildman–Crippen MR) is 65.0 cm³/mol. The summed E-state index contributed by atoms with van der Waals surface area (Å²) in [6.45, 7) is 4.63. The third-order valence-electron chi connectivity index (χ3n) is 3.24. The number of amides is 1. The maximum Gasteiger partial charge on any atom is 0.246 e. The van der Waals surface area contributed by atoms with E-state index in [1.54, 1.807) is 0 Å². The molecule has 0 radical (unpaired) electrons. The number of carbonyl (C=O) groups is 1. The van der Waals surface area contributed by atoms with Crippen LogP contribution in [0.2, 0.25) is 0 Å². The van der Waals surface area contributed by atoms with Crippen LogP contribution in [0.3, 0.4) is 0 Å². The highest BCUT2D eigenvalue weighted by Gasteiger charge is 2.19. The van der Waals surface area contributed by atoms with Crippen molar-refractivity contribution >= 4 is 5.91 Å². The lowest BCUT2D eigenvalue weighted by molar-refractivity contribution is -0.117. The van der Waals surface area contributed by atoms with Crippen molar-refractivity contribution in [1.29, 1.82) is 0 Å². The molecule has 1 fully saturated rings. The van der Waals surface area contributed by atoms with Gasteiger partial charge in [0, 0.05) is 12.1 Å². The minimum absolute atomic E-state index is 0.0490. The van der Waals surface area contributed by atoms with Gasteiger partial charge in [0.2, 0.25) is 5.91 Å². The second-order valence-corrected chi connectivity index (χ2v) is 4.68. The number of hydrogen-bond acceptors (Lipinski definition) is 2. The number of aliphatic hydroxyl groups excluding tert-OH is 1. The van der Waals surface area contributed by atoms with Gasteiger partial charge in [-0.05, 0) is 44.9 Å². The van der Waals surface area contributed by atoms with Gasteiger partial charge in [-0.1, -0.05) is 13.0 Å². The fourth-order valence-electron chi connectivity index (χ4n) is 2.12. The van der Waals surface area contributed by atoms with Crippen LogP contribution in [0.4, 0.5) is 0 Å². The summed E-state index contributed by atoms with van der Waals surface area (Å²) in [7, 11) is 0. The number of allylic oxidation sites excluding steroid dienone is 1. The van der Waals surface area contributed by atoms with E-state index in [1.807, 2.05) is 19.9 Å². The summed E-state index contributed by atoms with van der Waals surface area (Å²) < 4.78 is 0. The van der Waals surface area contributed by atoms with Crippen LogP contribution >= 0.6 is 0 Å². The van der Waals surface area contributed by atoms with Crippen molar-refractivity contribution in [2.24, 2.45) is 5.92 Å². The molecule has 92 valence electrons. The molecule has 16 heavy (non-hydrogen) atoms. The monoisotopic (exact) mass is 225 g/mol. The second-order valence-electron chi connectivity index (χ2n) is 4.68. The van der Waals surface area contributed by atoms with Gasteiger partial charge in [0.1, 0.15) is 0 Å². The lowest BCUT2D eigenvalue weighted by Crippen LogP contribution is -2.32. The molecule has 0 bridgehead atoms. The van der Waals surface area contributed by atoms with Gasteiger partial charge in [0.05, 0.1) is 6.10 Å². The van der Waals surface area contributed by atoms with E-state index in [0.29, 0.717) is 5.92 Å². The zero-order valence-electron chi connectivity index (χ0n) is 10.3. The number of rotatable bonds is 4. The molecule has 1 rings (SSSR count). The van der Waals surface area contributed by atoms with E-state index >= 15 is 0 Å². The zero-order chi connectivity index (χ0) is 12.0. The molecule has 1 amide bonds.